The first-order valence-electron chi connectivity index (χ1n) is 7.37. The number of methoxy groups -OCH3 is 1. The number of nitrogens with zero attached hydrogens (tertiary/aromatic N) is 1. The number of amides is 1. The van der Waals surface area contributed by atoms with Crippen LogP contribution in [0.15, 0.2) is 46.9 Å². The summed E-state index contributed by atoms with van der Waals surface area (Å²) in [5, 5.41) is 3.07. The van der Waals surface area contributed by atoms with Crippen molar-refractivity contribution in [3.8, 4) is 16.2 Å². The Morgan fingerprint density at radius 1 is 1.28 bits per heavy atom. The molecule has 3 rings (SSSR count). The van der Waals surface area contributed by atoms with Crippen LogP contribution in [0.3, 0.4) is 0 Å². The third kappa shape index (κ3) is 3.72. The van der Waals surface area contributed by atoms with Gasteiger partial charge in [-0.3, -0.25) is 10.1 Å². The van der Waals surface area contributed by atoms with E-state index in [-0.39, 0.29) is 5.56 Å². The molecule has 0 spiro atoms. The largest absolute Gasteiger partial charge is 0.497 e. The van der Waals surface area contributed by atoms with E-state index in [1.807, 2.05) is 25.1 Å². The Morgan fingerprint density at radius 3 is 2.76 bits per heavy atom. The molecule has 1 aromatic heterocycles. The molecule has 1 amide bonds. The quantitative estimate of drug-likeness (QED) is 0.624. The molecule has 2 aromatic carbocycles. The minimum atomic E-state index is -0.566. The highest BCUT2D eigenvalue weighted by Gasteiger charge is 2.17. The monoisotopic (exact) mass is 420 g/mol. The van der Waals surface area contributed by atoms with Crippen LogP contribution in [-0.2, 0) is 0 Å². The summed E-state index contributed by atoms with van der Waals surface area (Å²) in [4.78, 5) is 17.5. The number of carbonyl (C=O) groups excluding carboxylic acids is 1. The van der Waals surface area contributed by atoms with Crippen LogP contribution in [0.2, 0.25) is 0 Å². The van der Waals surface area contributed by atoms with Crippen molar-refractivity contribution >= 4 is 38.3 Å². The Kier molecular flexibility index (Phi) is 5.15. The number of aryl methyl sites for hydroxylation is 1. The zero-order chi connectivity index (χ0) is 18.0. The summed E-state index contributed by atoms with van der Waals surface area (Å²) in [6.07, 6.45) is 0. The molecular formula is C18H14BrFN2O2S. The maximum atomic E-state index is 13.7. The second-order valence-electron chi connectivity index (χ2n) is 5.21. The predicted octanol–water partition coefficient (Wildman–Crippen LogP) is 5.28. The Balaban J connectivity index is 1.91. The van der Waals surface area contributed by atoms with E-state index in [1.165, 1.54) is 29.5 Å². The molecule has 0 fully saturated rings. The fraction of sp³-hybridized carbons (Fsp3) is 0.111. The van der Waals surface area contributed by atoms with Gasteiger partial charge in [-0.25, -0.2) is 9.37 Å². The number of rotatable bonds is 4. The minimum Gasteiger partial charge on any atom is -0.497 e. The number of hydrogen-bond donors (Lipinski definition) is 1. The molecule has 0 radical (unpaired) electrons. The van der Waals surface area contributed by atoms with Gasteiger partial charge in [-0.2, -0.15) is 0 Å². The fourth-order valence-corrected chi connectivity index (χ4v) is 3.88. The zero-order valence-electron chi connectivity index (χ0n) is 13.5. The Hall–Kier alpha value is -2.25. The van der Waals surface area contributed by atoms with Gasteiger partial charge < -0.3 is 4.74 Å². The molecule has 128 valence electrons. The molecule has 25 heavy (non-hydrogen) atoms. The normalized spacial score (nSPS) is 10.6. The molecule has 4 nitrogen and oxygen atoms in total. The first kappa shape index (κ1) is 17.6. The summed E-state index contributed by atoms with van der Waals surface area (Å²) in [6.45, 7) is 1.86. The third-order valence-electron chi connectivity index (χ3n) is 3.55. The van der Waals surface area contributed by atoms with Crippen LogP contribution in [0.4, 0.5) is 9.52 Å². The van der Waals surface area contributed by atoms with Gasteiger partial charge in [0, 0.05) is 10.0 Å². The van der Waals surface area contributed by atoms with Crippen molar-refractivity contribution < 1.29 is 13.9 Å². The van der Waals surface area contributed by atoms with Crippen LogP contribution in [0.5, 0.6) is 5.75 Å². The van der Waals surface area contributed by atoms with Crippen molar-refractivity contribution in [3.63, 3.8) is 0 Å². The summed E-state index contributed by atoms with van der Waals surface area (Å²) in [5.74, 6) is -0.366. The number of carbonyl (C=O) groups is 1. The third-order valence-corrected chi connectivity index (χ3v) is 5.35. The molecule has 0 saturated carbocycles. The molecule has 7 heteroatoms. The lowest BCUT2D eigenvalue weighted by molar-refractivity contribution is 0.102. The Labute approximate surface area is 156 Å². The van der Waals surface area contributed by atoms with Gasteiger partial charge in [0.25, 0.3) is 5.91 Å². The number of benzene rings is 2. The molecule has 1 N–H and O–H groups in total. The maximum absolute atomic E-state index is 13.7. The smallest absolute Gasteiger partial charge is 0.260 e. The molecule has 3 aromatic rings. The zero-order valence-corrected chi connectivity index (χ0v) is 15.9. The molecular weight excluding hydrogens is 407 g/mol. The number of halogens is 2. The van der Waals surface area contributed by atoms with Crippen LogP contribution in [-0.4, -0.2) is 18.0 Å². The van der Waals surface area contributed by atoms with E-state index in [2.05, 4.69) is 26.2 Å². The molecule has 0 aliphatic carbocycles. The summed E-state index contributed by atoms with van der Waals surface area (Å²) in [7, 11) is 1.60. The van der Waals surface area contributed by atoms with Crippen LogP contribution < -0.4 is 10.1 Å². The van der Waals surface area contributed by atoms with E-state index >= 15 is 0 Å². The van der Waals surface area contributed by atoms with E-state index in [1.54, 1.807) is 13.2 Å². The Bertz CT molecular complexity index is 943. The molecule has 1 heterocycles. The van der Waals surface area contributed by atoms with Gasteiger partial charge in [0.05, 0.1) is 23.2 Å². The number of thiazole rings is 1. The van der Waals surface area contributed by atoms with Crippen LogP contribution in [0.1, 0.15) is 16.1 Å². The van der Waals surface area contributed by atoms with Crippen molar-refractivity contribution in [1.29, 1.82) is 0 Å². The lowest BCUT2D eigenvalue weighted by atomic mass is 10.1. The van der Waals surface area contributed by atoms with Gasteiger partial charge in [0.1, 0.15) is 11.6 Å². The maximum Gasteiger partial charge on any atom is 0.260 e. The number of anilines is 1. The van der Waals surface area contributed by atoms with Crippen molar-refractivity contribution in [3.05, 3.63) is 64.0 Å². The predicted molar refractivity (Wildman–Crippen MR) is 101 cm³/mol. The average Bonchev–Trinajstić information content (AvgIpc) is 2.95. The highest BCUT2D eigenvalue weighted by Crippen LogP contribution is 2.38. The van der Waals surface area contributed by atoms with Crippen molar-refractivity contribution in [1.82, 2.24) is 4.98 Å². The van der Waals surface area contributed by atoms with E-state index in [0.717, 1.165) is 26.4 Å². The second kappa shape index (κ2) is 7.33. The topological polar surface area (TPSA) is 51.2 Å². The van der Waals surface area contributed by atoms with Crippen molar-refractivity contribution in [2.24, 2.45) is 0 Å². The molecule has 0 unspecified atom stereocenters. The number of ether oxygens (including phenoxy) is 1. The average molecular weight is 421 g/mol. The Morgan fingerprint density at radius 2 is 2.04 bits per heavy atom. The second-order valence-corrected chi connectivity index (χ2v) is 7.07. The van der Waals surface area contributed by atoms with Gasteiger partial charge in [0.2, 0.25) is 0 Å². The molecule has 0 saturated heterocycles. The van der Waals surface area contributed by atoms with Crippen LogP contribution in [0.25, 0.3) is 10.4 Å². The van der Waals surface area contributed by atoms with E-state index in [4.69, 9.17) is 4.74 Å². The molecule has 0 atom stereocenters. The lowest BCUT2D eigenvalue weighted by Crippen LogP contribution is -2.13. The number of aromatic nitrogens is 1. The van der Waals surface area contributed by atoms with Gasteiger partial charge in [-0.05, 0) is 37.3 Å². The number of nitrogens with one attached hydrogen (secondary N) is 1. The van der Waals surface area contributed by atoms with Gasteiger partial charge in [-0.15, -0.1) is 0 Å². The van der Waals surface area contributed by atoms with Crippen LogP contribution >= 0.6 is 27.3 Å². The first-order valence-corrected chi connectivity index (χ1v) is 8.97. The van der Waals surface area contributed by atoms with E-state index in [0.29, 0.717) is 5.13 Å². The van der Waals surface area contributed by atoms with E-state index in [9.17, 15) is 9.18 Å². The van der Waals surface area contributed by atoms with E-state index < -0.39 is 11.7 Å². The van der Waals surface area contributed by atoms with Crippen LogP contribution in [0, 0.1) is 12.7 Å². The molecule has 0 aliphatic heterocycles. The SMILES string of the molecule is COc1ccc(Br)c(-c2sc(NC(=O)c3ccccc3F)nc2C)c1. The highest BCUT2D eigenvalue weighted by molar-refractivity contribution is 9.10. The highest BCUT2D eigenvalue weighted by atomic mass is 79.9. The molecule has 0 aliphatic rings. The molecule has 0 bridgehead atoms. The van der Waals surface area contributed by atoms with Crippen molar-refractivity contribution in [2.45, 2.75) is 6.92 Å². The van der Waals surface area contributed by atoms with Crippen molar-refractivity contribution in [2.75, 3.05) is 12.4 Å². The summed E-state index contributed by atoms with van der Waals surface area (Å²) >= 11 is 4.85. The van der Waals surface area contributed by atoms with Gasteiger partial charge >= 0.3 is 0 Å². The minimum absolute atomic E-state index is 0.0144. The number of hydrogen-bond acceptors (Lipinski definition) is 4. The lowest BCUT2D eigenvalue weighted by Gasteiger charge is -2.06. The summed E-state index contributed by atoms with van der Waals surface area (Å²) in [5.41, 5.74) is 1.67. The first-order chi connectivity index (χ1) is 12.0. The summed E-state index contributed by atoms with van der Waals surface area (Å²) < 4.78 is 19.9. The van der Waals surface area contributed by atoms with Gasteiger partial charge in [-0.1, -0.05) is 39.4 Å². The van der Waals surface area contributed by atoms with Gasteiger partial charge in [0.15, 0.2) is 5.13 Å². The summed E-state index contributed by atoms with van der Waals surface area (Å²) in [6, 6.07) is 11.5. The fourth-order valence-electron chi connectivity index (χ4n) is 2.31. The standard InChI is InChI=1S/C18H14BrFN2O2S/c1-10-16(13-9-11(24-2)7-8-14(13)19)25-18(21-10)22-17(23)12-5-3-4-6-15(12)20/h3-9H,1-2H3,(H,21,22,23).